The Balaban J connectivity index is 1.48. The summed E-state index contributed by atoms with van der Waals surface area (Å²) in [7, 11) is 0. The number of alkyl halides is 2. The zero-order chi connectivity index (χ0) is 21.5. The number of piperidine rings is 1. The van der Waals surface area contributed by atoms with E-state index in [0.29, 0.717) is 13.1 Å². The molecule has 1 saturated heterocycles. The second-order valence-corrected chi connectivity index (χ2v) is 7.95. The van der Waals surface area contributed by atoms with Crippen molar-refractivity contribution in [2.75, 3.05) is 19.7 Å². The van der Waals surface area contributed by atoms with Crippen LogP contribution in [0.5, 0.6) is 0 Å². The number of hydrogen-bond donors (Lipinski definition) is 2. The molecule has 2 heterocycles. The van der Waals surface area contributed by atoms with E-state index in [1.165, 1.54) is 11.1 Å². The minimum atomic E-state index is -2.82. The zero-order valence-electron chi connectivity index (χ0n) is 17.4. The molecule has 0 aromatic carbocycles. The number of aromatic nitrogens is 2. The first-order valence-electron chi connectivity index (χ1n) is 10.8. The number of carbonyl (C=O) groups excluding carboxylic acids is 2. The highest BCUT2D eigenvalue weighted by atomic mass is 19.3. The third kappa shape index (κ3) is 5.90. The summed E-state index contributed by atoms with van der Waals surface area (Å²) in [5.74, 6) is -0.786. The molecule has 2 N–H and O–H groups in total. The molecule has 0 unspecified atom stereocenters. The second kappa shape index (κ2) is 10.7. The molecule has 2 fully saturated rings. The summed E-state index contributed by atoms with van der Waals surface area (Å²) in [4.78, 5) is 26.1. The Kier molecular flexibility index (Phi) is 8.01. The van der Waals surface area contributed by atoms with E-state index in [4.69, 9.17) is 4.74 Å². The molecule has 0 radical (unpaired) electrons. The lowest BCUT2D eigenvalue weighted by molar-refractivity contribution is 0.0511. The van der Waals surface area contributed by atoms with Crippen molar-refractivity contribution in [3.63, 3.8) is 0 Å². The molecular weight excluding hydrogens is 396 g/mol. The van der Waals surface area contributed by atoms with Crippen LogP contribution in [0, 0.1) is 0 Å². The van der Waals surface area contributed by atoms with Crippen LogP contribution in [-0.4, -0.2) is 58.5 Å². The zero-order valence-corrected chi connectivity index (χ0v) is 17.4. The SMILES string of the molecule is CCOC(=O)c1cnn(CN2CCC(NC(=O)NC3CCCCC3)CC2)c1C(F)F. The van der Waals surface area contributed by atoms with Gasteiger partial charge in [-0.25, -0.2) is 23.1 Å². The topological polar surface area (TPSA) is 88.5 Å². The molecule has 2 aliphatic rings. The lowest BCUT2D eigenvalue weighted by Crippen LogP contribution is -2.50. The standard InChI is InChI=1S/C20H31F2N5O3/c1-2-30-19(28)16-12-23-27(17(16)18(21)22)13-26-10-8-15(9-11-26)25-20(29)24-14-6-4-3-5-7-14/h12,14-15,18H,2-11,13H2,1H3,(H2,24,25,29). The summed E-state index contributed by atoms with van der Waals surface area (Å²) in [6, 6.07) is 0.207. The summed E-state index contributed by atoms with van der Waals surface area (Å²) in [5, 5.41) is 10.1. The summed E-state index contributed by atoms with van der Waals surface area (Å²) < 4.78 is 33.1. The van der Waals surface area contributed by atoms with Crippen LogP contribution < -0.4 is 10.6 Å². The first-order chi connectivity index (χ1) is 14.5. The minimum absolute atomic E-state index is 0.0622. The van der Waals surface area contributed by atoms with Gasteiger partial charge in [0.05, 0.1) is 19.5 Å². The average molecular weight is 427 g/mol. The van der Waals surface area contributed by atoms with Crippen molar-refractivity contribution in [2.24, 2.45) is 0 Å². The Bertz CT molecular complexity index is 713. The second-order valence-electron chi connectivity index (χ2n) is 7.95. The molecule has 2 amide bonds. The predicted octanol–water partition coefficient (Wildman–Crippen LogP) is 3.05. The van der Waals surface area contributed by atoms with Crippen LogP contribution in [0.1, 0.15) is 74.3 Å². The number of nitrogens with zero attached hydrogens (tertiary/aromatic N) is 3. The van der Waals surface area contributed by atoms with Gasteiger partial charge in [0.25, 0.3) is 6.43 Å². The van der Waals surface area contributed by atoms with E-state index in [2.05, 4.69) is 15.7 Å². The minimum Gasteiger partial charge on any atom is -0.462 e. The number of rotatable bonds is 7. The van der Waals surface area contributed by atoms with Gasteiger partial charge in [-0.15, -0.1) is 0 Å². The Morgan fingerprint density at radius 3 is 2.37 bits per heavy atom. The highest BCUT2D eigenvalue weighted by Gasteiger charge is 2.28. The normalized spacial score (nSPS) is 19.1. The van der Waals surface area contributed by atoms with E-state index >= 15 is 0 Å². The largest absolute Gasteiger partial charge is 0.462 e. The Morgan fingerprint density at radius 2 is 1.77 bits per heavy atom. The number of carbonyl (C=O) groups is 2. The van der Waals surface area contributed by atoms with Crippen LogP contribution in [0.2, 0.25) is 0 Å². The fraction of sp³-hybridized carbons (Fsp3) is 0.750. The van der Waals surface area contributed by atoms with Gasteiger partial charge in [0.15, 0.2) is 0 Å². The van der Waals surface area contributed by atoms with Crippen LogP contribution >= 0.6 is 0 Å². The van der Waals surface area contributed by atoms with Gasteiger partial charge in [-0.2, -0.15) is 5.10 Å². The lowest BCUT2D eigenvalue weighted by atomic mass is 9.96. The number of nitrogens with one attached hydrogen (secondary N) is 2. The Morgan fingerprint density at radius 1 is 1.13 bits per heavy atom. The molecule has 8 nitrogen and oxygen atoms in total. The first kappa shape index (κ1) is 22.5. The van der Waals surface area contributed by atoms with Gasteiger partial charge in [-0.1, -0.05) is 19.3 Å². The number of halogens is 2. The van der Waals surface area contributed by atoms with Crippen molar-refractivity contribution in [1.29, 1.82) is 0 Å². The van der Waals surface area contributed by atoms with Crippen LogP contribution in [-0.2, 0) is 11.4 Å². The van der Waals surface area contributed by atoms with Crippen molar-refractivity contribution >= 4 is 12.0 Å². The highest BCUT2D eigenvalue weighted by molar-refractivity contribution is 5.90. The van der Waals surface area contributed by atoms with Crippen molar-refractivity contribution in [3.8, 4) is 0 Å². The molecule has 1 aliphatic carbocycles. The molecule has 1 saturated carbocycles. The van der Waals surface area contributed by atoms with E-state index in [9.17, 15) is 18.4 Å². The first-order valence-corrected chi connectivity index (χ1v) is 10.8. The van der Waals surface area contributed by atoms with Crippen molar-refractivity contribution in [2.45, 2.75) is 77.0 Å². The maximum Gasteiger partial charge on any atom is 0.341 e. The summed E-state index contributed by atoms with van der Waals surface area (Å²) >= 11 is 0. The predicted molar refractivity (Wildman–Crippen MR) is 106 cm³/mol. The fourth-order valence-electron chi connectivity index (χ4n) is 4.17. The summed E-state index contributed by atoms with van der Waals surface area (Å²) in [5.41, 5.74) is -0.608. The summed E-state index contributed by atoms with van der Waals surface area (Å²) in [6.45, 7) is 3.19. The fourth-order valence-corrected chi connectivity index (χ4v) is 4.17. The van der Waals surface area contributed by atoms with Crippen molar-refractivity contribution in [1.82, 2.24) is 25.3 Å². The maximum atomic E-state index is 13.5. The number of ether oxygens (including phenoxy) is 1. The number of hydrogen-bond acceptors (Lipinski definition) is 5. The van der Waals surface area contributed by atoms with Crippen LogP contribution in [0.4, 0.5) is 13.6 Å². The molecule has 168 valence electrons. The van der Waals surface area contributed by atoms with E-state index < -0.39 is 18.1 Å². The molecular formula is C20H31F2N5O3. The van der Waals surface area contributed by atoms with Gasteiger partial charge in [-0.3, -0.25) is 4.90 Å². The molecule has 1 aromatic rings. The number of amides is 2. The van der Waals surface area contributed by atoms with Crippen LogP contribution in [0.25, 0.3) is 0 Å². The van der Waals surface area contributed by atoms with Crippen LogP contribution in [0.3, 0.4) is 0 Å². The van der Waals surface area contributed by atoms with E-state index in [1.807, 2.05) is 4.90 Å². The number of likely N-dealkylation sites (tertiary alicyclic amines) is 1. The Hall–Kier alpha value is -2.23. The van der Waals surface area contributed by atoms with Gasteiger partial charge in [0.2, 0.25) is 0 Å². The lowest BCUT2D eigenvalue weighted by Gasteiger charge is -2.33. The van der Waals surface area contributed by atoms with E-state index in [0.717, 1.165) is 44.7 Å². The molecule has 0 spiro atoms. The number of esters is 1. The molecule has 10 heteroatoms. The third-order valence-corrected chi connectivity index (χ3v) is 5.78. The van der Waals surface area contributed by atoms with Crippen LogP contribution in [0.15, 0.2) is 6.20 Å². The summed E-state index contributed by atoms with van der Waals surface area (Å²) in [6.07, 6.45) is 5.42. The quantitative estimate of drug-likeness (QED) is 0.653. The smallest absolute Gasteiger partial charge is 0.341 e. The molecule has 0 bridgehead atoms. The monoisotopic (exact) mass is 427 g/mol. The van der Waals surface area contributed by atoms with Gasteiger partial charge in [-0.05, 0) is 32.6 Å². The van der Waals surface area contributed by atoms with E-state index in [1.54, 1.807) is 6.92 Å². The van der Waals surface area contributed by atoms with Crippen molar-refractivity contribution in [3.05, 3.63) is 17.5 Å². The molecule has 30 heavy (non-hydrogen) atoms. The maximum absolute atomic E-state index is 13.5. The Labute approximate surface area is 175 Å². The number of urea groups is 1. The molecule has 1 aliphatic heterocycles. The van der Waals surface area contributed by atoms with Gasteiger partial charge < -0.3 is 15.4 Å². The van der Waals surface area contributed by atoms with Gasteiger partial charge in [0.1, 0.15) is 11.3 Å². The molecule has 0 atom stereocenters. The van der Waals surface area contributed by atoms with E-state index in [-0.39, 0.29) is 37.0 Å². The van der Waals surface area contributed by atoms with Gasteiger partial charge in [0, 0.05) is 25.2 Å². The van der Waals surface area contributed by atoms with Crippen molar-refractivity contribution < 1.29 is 23.1 Å². The third-order valence-electron chi connectivity index (χ3n) is 5.78. The molecule has 1 aromatic heterocycles. The highest BCUT2D eigenvalue weighted by Crippen LogP contribution is 2.24. The average Bonchev–Trinajstić information content (AvgIpc) is 3.14. The van der Waals surface area contributed by atoms with Gasteiger partial charge >= 0.3 is 12.0 Å². The molecule has 3 rings (SSSR count).